The number of hydrogen-bond acceptors (Lipinski definition) is 3. The zero-order valence-corrected chi connectivity index (χ0v) is 9.97. The minimum Gasteiger partial charge on any atom is -0.489 e. The maximum absolute atomic E-state index is 8.58. The first kappa shape index (κ1) is 12.0. The number of nitrogens with zero attached hydrogens (tertiary/aromatic N) is 1. The third-order valence-electron chi connectivity index (χ3n) is 2.66. The molecule has 2 N–H and O–H groups in total. The van der Waals surface area contributed by atoms with Crippen molar-refractivity contribution in [3.05, 3.63) is 59.7 Å². The van der Waals surface area contributed by atoms with Gasteiger partial charge < -0.3 is 10.5 Å². The lowest BCUT2D eigenvalue weighted by Gasteiger charge is -2.08. The number of anilines is 1. The Morgan fingerprint density at radius 1 is 1.06 bits per heavy atom. The maximum atomic E-state index is 8.58. The molecule has 2 rings (SSSR count). The van der Waals surface area contributed by atoms with Crippen LogP contribution in [0.5, 0.6) is 5.75 Å². The van der Waals surface area contributed by atoms with Crippen LogP contribution in [-0.2, 0) is 13.0 Å². The van der Waals surface area contributed by atoms with Gasteiger partial charge in [0.05, 0.1) is 12.5 Å². The standard InChI is InChI=1S/C15H14N2O/c16-10-9-12-5-7-14(8-6-12)18-11-13-3-1-2-4-15(13)17/h1-8H,9,11,17H2. The van der Waals surface area contributed by atoms with Gasteiger partial charge in [-0.3, -0.25) is 0 Å². The molecule has 0 heterocycles. The van der Waals surface area contributed by atoms with Crippen molar-refractivity contribution in [2.75, 3.05) is 5.73 Å². The second-order valence-corrected chi connectivity index (χ2v) is 3.97. The van der Waals surface area contributed by atoms with Crippen molar-refractivity contribution in [3.8, 4) is 11.8 Å². The Hall–Kier alpha value is -2.47. The van der Waals surface area contributed by atoms with E-state index in [1.807, 2.05) is 48.5 Å². The number of ether oxygens (including phenoxy) is 1. The SMILES string of the molecule is N#CCc1ccc(OCc2ccccc2N)cc1. The van der Waals surface area contributed by atoms with Crippen LogP contribution in [0.2, 0.25) is 0 Å². The summed E-state index contributed by atoms with van der Waals surface area (Å²) in [6, 6.07) is 17.3. The zero-order chi connectivity index (χ0) is 12.8. The molecule has 0 aromatic heterocycles. The maximum Gasteiger partial charge on any atom is 0.119 e. The minimum absolute atomic E-state index is 0.423. The third-order valence-corrected chi connectivity index (χ3v) is 2.66. The van der Waals surface area contributed by atoms with Gasteiger partial charge in [0.25, 0.3) is 0 Å². The van der Waals surface area contributed by atoms with Crippen molar-refractivity contribution < 1.29 is 4.74 Å². The van der Waals surface area contributed by atoms with Gasteiger partial charge in [-0.2, -0.15) is 5.26 Å². The van der Waals surface area contributed by atoms with Crippen molar-refractivity contribution in [2.45, 2.75) is 13.0 Å². The second-order valence-electron chi connectivity index (χ2n) is 3.97. The molecule has 0 saturated carbocycles. The first-order valence-electron chi connectivity index (χ1n) is 5.71. The summed E-state index contributed by atoms with van der Waals surface area (Å²) in [4.78, 5) is 0. The van der Waals surface area contributed by atoms with E-state index in [1.165, 1.54) is 0 Å². The minimum atomic E-state index is 0.423. The van der Waals surface area contributed by atoms with Gasteiger partial charge in [0.2, 0.25) is 0 Å². The van der Waals surface area contributed by atoms with Crippen molar-refractivity contribution in [1.82, 2.24) is 0 Å². The predicted molar refractivity (Wildman–Crippen MR) is 70.9 cm³/mol. The first-order valence-corrected chi connectivity index (χ1v) is 5.71. The Morgan fingerprint density at radius 3 is 2.44 bits per heavy atom. The largest absolute Gasteiger partial charge is 0.489 e. The molecule has 0 aliphatic heterocycles. The number of nitrogen functional groups attached to an aromatic ring is 1. The summed E-state index contributed by atoms with van der Waals surface area (Å²) in [6.07, 6.45) is 0.423. The van der Waals surface area contributed by atoms with E-state index in [9.17, 15) is 0 Å². The second kappa shape index (κ2) is 5.74. The highest BCUT2D eigenvalue weighted by Crippen LogP contribution is 2.17. The van der Waals surface area contributed by atoms with Gasteiger partial charge in [-0.1, -0.05) is 30.3 Å². The van der Waals surface area contributed by atoms with Crippen LogP contribution in [0.4, 0.5) is 5.69 Å². The molecule has 3 nitrogen and oxygen atoms in total. The number of rotatable bonds is 4. The lowest BCUT2D eigenvalue weighted by Crippen LogP contribution is -1.99. The summed E-state index contributed by atoms with van der Waals surface area (Å²) in [7, 11) is 0. The van der Waals surface area contributed by atoms with E-state index >= 15 is 0 Å². The Kier molecular flexibility index (Phi) is 3.83. The van der Waals surface area contributed by atoms with E-state index in [-0.39, 0.29) is 0 Å². The van der Waals surface area contributed by atoms with Crippen molar-refractivity contribution >= 4 is 5.69 Å². The molecule has 0 amide bonds. The molecule has 2 aromatic carbocycles. The van der Waals surface area contributed by atoms with Crippen LogP contribution in [0.1, 0.15) is 11.1 Å². The number of hydrogen-bond donors (Lipinski definition) is 1. The summed E-state index contributed by atoms with van der Waals surface area (Å²) < 4.78 is 5.64. The molecule has 2 aromatic rings. The van der Waals surface area contributed by atoms with Crippen LogP contribution in [-0.4, -0.2) is 0 Å². The van der Waals surface area contributed by atoms with Crippen molar-refractivity contribution in [3.63, 3.8) is 0 Å². The molecule has 18 heavy (non-hydrogen) atoms. The van der Waals surface area contributed by atoms with Gasteiger partial charge in [0.1, 0.15) is 12.4 Å². The molecule has 0 saturated heterocycles. The highest BCUT2D eigenvalue weighted by molar-refractivity contribution is 5.46. The van der Waals surface area contributed by atoms with E-state index in [0.717, 1.165) is 22.6 Å². The average Bonchev–Trinajstić information content (AvgIpc) is 2.40. The van der Waals surface area contributed by atoms with Gasteiger partial charge in [-0.05, 0) is 23.8 Å². The third kappa shape index (κ3) is 3.02. The molecular formula is C15H14N2O. The molecule has 0 aliphatic carbocycles. The Morgan fingerprint density at radius 2 is 1.78 bits per heavy atom. The van der Waals surface area contributed by atoms with Gasteiger partial charge in [-0.15, -0.1) is 0 Å². The first-order chi connectivity index (χ1) is 8.79. The Bertz CT molecular complexity index is 555. The van der Waals surface area contributed by atoms with Crippen LogP contribution in [0.3, 0.4) is 0 Å². The van der Waals surface area contributed by atoms with Crippen LogP contribution in [0.15, 0.2) is 48.5 Å². The highest BCUT2D eigenvalue weighted by atomic mass is 16.5. The smallest absolute Gasteiger partial charge is 0.119 e. The summed E-state index contributed by atoms with van der Waals surface area (Å²) in [5.74, 6) is 0.778. The Balaban J connectivity index is 1.98. The van der Waals surface area contributed by atoms with Gasteiger partial charge in [0.15, 0.2) is 0 Å². The van der Waals surface area contributed by atoms with Crippen LogP contribution >= 0.6 is 0 Å². The predicted octanol–water partition coefficient (Wildman–Crippen LogP) is 2.91. The van der Waals surface area contributed by atoms with Gasteiger partial charge >= 0.3 is 0 Å². The van der Waals surface area contributed by atoms with E-state index in [1.54, 1.807) is 0 Å². The van der Waals surface area contributed by atoms with E-state index < -0.39 is 0 Å². The number of nitriles is 1. The summed E-state index contributed by atoms with van der Waals surface area (Å²) >= 11 is 0. The number of para-hydroxylation sites is 1. The lowest BCUT2D eigenvalue weighted by molar-refractivity contribution is 0.307. The Labute approximate surface area is 106 Å². The van der Waals surface area contributed by atoms with Gasteiger partial charge in [0, 0.05) is 11.3 Å². The van der Waals surface area contributed by atoms with Crippen LogP contribution in [0, 0.1) is 11.3 Å². The van der Waals surface area contributed by atoms with Crippen molar-refractivity contribution in [1.29, 1.82) is 5.26 Å². The van der Waals surface area contributed by atoms with E-state index in [2.05, 4.69) is 6.07 Å². The number of benzene rings is 2. The quantitative estimate of drug-likeness (QED) is 0.833. The van der Waals surface area contributed by atoms with E-state index in [4.69, 9.17) is 15.7 Å². The zero-order valence-electron chi connectivity index (χ0n) is 9.97. The normalized spacial score (nSPS) is 9.72. The van der Waals surface area contributed by atoms with E-state index in [0.29, 0.717) is 13.0 Å². The summed E-state index contributed by atoms with van der Waals surface area (Å²) in [6.45, 7) is 0.449. The molecule has 90 valence electrons. The summed E-state index contributed by atoms with van der Waals surface area (Å²) in [5, 5.41) is 8.58. The lowest BCUT2D eigenvalue weighted by atomic mass is 10.1. The molecule has 0 fully saturated rings. The fourth-order valence-corrected chi connectivity index (χ4v) is 1.62. The molecule has 0 spiro atoms. The molecule has 0 radical (unpaired) electrons. The molecule has 3 heteroatoms. The average molecular weight is 238 g/mol. The fraction of sp³-hybridized carbons (Fsp3) is 0.133. The van der Waals surface area contributed by atoms with Crippen LogP contribution in [0.25, 0.3) is 0 Å². The molecule has 0 aliphatic rings. The molecule has 0 unspecified atom stereocenters. The summed E-state index contributed by atoms with van der Waals surface area (Å²) in [5.41, 5.74) is 8.53. The highest BCUT2D eigenvalue weighted by Gasteiger charge is 1.99. The fourth-order valence-electron chi connectivity index (χ4n) is 1.62. The molecule has 0 bridgehead atoms. The topological polar surface area (TPSA) is 59.0 Å². The monoisotopic (exact) mass is 238 g/mol. The number of nitrogens with two attached hydrogens (primary N) is 1. The van der Waals surface area contributed by atoms with Crippen molar-refractivity contribution in [2.24, 2.45) is 0 Å². The molecule has 0 atom stereocenters. The van der Waals surface area contributed by atoms with Gasteiger partial charge in [-0.25, -0.2) is 0 Å². The van der Waals surface area contributed by atoms with Crippen LogP contribution < -0.4 is 10.5 Å². The molecular weight excluding hydrogens is 224 g/mol.